The quantitative estimate of drug-likeness (QED) is 0.723. The molecule has 1 unspecified atom stereocenters. The average Bonchev–Trinajstić information content (AvgIpc) is 3.09. The highest BCUT2D eigenvalue weighted by Gasteiger charge is 2.50. The Morgan fingerprint density at radius 2 is 1.80 bits per heavy atom. The van der Waals surface area contributed by atoms with Gasteiger partial charge in [0.15, 0.2) is 0 Å². The van der Waals surface area contributed by atoms with Crippen LogP contribution in [0.2, 0.25) is 0 Å². The van der Waals surface area contributed by atoms with Gasteiger partial charge in [0.25, 0.3) is 0 Å². The van der Waals surface area contributed by atoms with Crippen molar-refractivity contribution in [1.82, 2.24) is 4.90 Å². The first-order valence-electron chi connectivity index (χ1n) is 6.71. The van der Waals surface area contributed by atoms with E-state index in [-0.39, 0.29) is 0 Å². The molecule has 0 spiro atoms. The molecule has 0 saturated heterocycles. The van der Waals surface area contributed by atoms with Gasteiger partial charge >= 0.3 is 0 Å². The summed E-state index contributed by atoms with van der Waals surface area (Å²) in [6.45, 7) is 4.63. The molecule has 0 amide bonds. The van der Waals surface area contributed by atoms with E-state index in [2.05, 4.69) is 11.8 Å². The van der Waals surface area contributed by atoms with Crippen LogP contribution in [0.5, 0.6) is 0 Å². The summed E-state index contributed by atoms with van der Waals surface area (Å²) in [6, 6.07) is 0.889. The van der Waals surface area contributed by atoms with Crippen LogP contribution in [0.15, 0.2) is 0 Å². The molecule has 0 aromatic rings. The molecule has 2 N–H and O–H groups in total. The second-order valence-electron chi connectivity index (χ2n) is 6.16. The van der Waals surface area contributed by atoms with Crippen LogP contribution in [0, 0.1) is 11.8 Å². The number of rotatable bonds is 6. The highest BCUT2D eigenvalue weighted by atomic mass is 15.3. The minimum Gasteiger partial charge on any atom is -0.329 e. The molecule has 3 saturated carbocycles. The van der Waals surface area contributed by atoms with Crippen LogP contribution in [-0.4, -0.2) is 29.6 Å². The van der Waals surface area contributed by atoms with E-state index in [9.17, 15) is 0 Å². The highest BCUT2D eigenvalue weighted by molar-refractivity contribution is 5.05. The van der Waals surface area contributed by atoms with Crippen molar-refractivity contribution in [3.8, 4) is 0 Å². The maximum atomic E-state index is 6.07. The fourth-order valence-electron chi connectivity index (χ4n) is 2.96. The molecule has 1 atom stereocenters. The van der Waals surface area contributed by atoms with Crippen LogP contribution in [0.1, 0.15) is 45.4 Å². The minimum absolute atomic E-state index is 0.337. The molecule has 0 aromatic heterocycles. The second-order valence-corrected chi connectivity index (χ2v) is 6.16. The highest BCUT2D eigenvalue weighted by Crippen LogP contribution is 2.47. The van der Waals surface area contributed by atoms with Crippen molar-refractivity contribution in [3.63, 3.8) is 0 Å². The predicted octanol–water partition coefficient (Wildman–Crippen LogP) is 1.99. The molecular formula is C13H24N2. The van der Waals surface area contributed by atoms with Gasteiger partial charge in [-0.05, 0) is 57.3 Å². The molecule has 0 aliphatic heterocycles. The molecular weight excluding hydrogens is 184 g/mol. The summed E-state index contributed by atoms with van der Waals surface area (Å²) in [5, 5.41) is 0. The van der Waals surface area contributed by atoms with Crippen molar-refractivity contribution in [2.45, 2.75) is 57.0 Å². The summed E-state index contributed by atoms with van der Waals surface area (Å²) in [5.74, 6) is 1.91. The summed E-state index contributed by atoms with van der Waals surface area (Å²) in [4.78, 5) is 2.79. The Kier molecular flexibility index (Phi) is 2.33. The number of nitrogens with two attached hydrogens (primary N) is 1. The van der Waals surface area contributed by atoms with Gasteiger partial charge in [-0.25, -0.2) is 0 Å². The van der Waals surface area contributed by atoms with Crippen LogP contribution >= 0.6 is 0 Å². The molecule has 0 aromatic carbocycles. The normalized spacial score (nSPS) is 30.6. The number of nitrogens with zero attached hydrogens (tertiary/aromatic N) is 1. The lowest BCUT2D eigenvalue weighted by atomic mass is 9.92. The van der Waals surface area contributed by atoms with Crippen molar-refractivity contribution >= 4 is 0 Å². The van der Waals surface area contributed by atoms with E-state index < -0.39 is 0 Å². The maximum absolute atomic E-state index is 6.07. The SMILES string of the molecule is CC(CN)(C1CC1)N(CC1CC1)C1CC1. The molecule has 15 heavy (non-hydrogen) atoms. The Bertz CT molecular complexity index is 241. The summed E-state index contributed by atoms with van der Waals surface area (Å²) in [6.07, 6.45) is 8.62. The monoisotopic (exact) mass is 208 g/mol. The van der Waals surface area contributed by atoms with Gasteiger partial charge < -0.3 is 5.73 Å². The average molecular weight is 208 g/mol. The summed E-state index contributed by atoms with van der Waals surface area (Å²) in [5.41, 5.74) is 6.41. The summed E-state index contributed by atoms with van der Waals surface area (Å²) >= 11 is 0. The van der Waals surface area contributed by atoms with E-state index in [1.54, 1.807) is 0 Å². The van der Waals surface area contributed by atoms with Crippen LogP contribution in [-0.2, 0) is 0 Å². The lowest BCUT2D eigenvalue weighted by Gasteiger charge is -2.42. The molecule has 3 fully saturated rings. The van der Waals surface area contributed by atoms with E-state index in [0.717, 1.165) is 24.4 Å². The molecule has 2 nitrogen and oxygen atoms in total. The van der Waals surface area contributed by atoms with Gasteiger partial charge in [-0.2, -0.15) is 0 Å². The van der Waals surface area contributed by atoms with Gasteiger partial charge in [-0.15, -0.1) is 0 Å². The molecule has 3 aliphatic rings. The zero-order valence-corrected chi connectivity index (χ0v) is 9.91. The van der Waals surface area contributed by atoms with E-state index in [1.807, 2.05) is 0 Å². The third kappa shape index (κ3) is 1.94. The largest absolute Gasteiger partial charge is 0.329 e. The van der Waals surface area contributed by atoms with E-state index >= 15 is 0 Å². The fourth-order valence-corrected chi connectivity index (χ4v) is 2.96. The van der Waals surface area contributed by atoms with Crippen LogP contribution in [0.25, 0.3) is 0 Å². The van der Waals surface area contributed by atoms with Crippen LogP contribution in [0.3, 0.4) is 0 Å². The topological polar surface area (TPSA) is 29.3 Å². The number of hydrogen-bond acceptors (Lipinski definition) is 2. The molecule has 3 aliphatic carbocycles. The lowest BCUT2D eigenvalue weighted by molar-refractivity contribution is 0.0748. The molecule has 86 valence electrons. The fraction of sp³-hybridized carbons (Fsp3) is 1.00. The minimum atomic E-state index is 0.337. The Balaban J connectivity index is 1.72. The Morgan fingerprint density at radius 1 is 1.13 bits per heavy atom. The van der Waals surface area contributed by atoms with Crippen molar-refractivity contribution in [3.05, 3.63) is 0 Å². The number of hydrogen-bond donors (Lipinski definition) is 1. The first-order chi connectivity index (χ1) is 7.24. The molecule has 2 heteroatoms. The van der Waals surface area contributed by atoms with E-state index in [1.165, 1.54) is 45.1 Å². The Hall–Kier alpha value is -0.0800. The van der Waals surface area contributed by atoms with Crippen molar-refractivity contribution in [1.29, 1.82) is 0 Å². The lowest BCUT2D eigenvalue weighted by Crippen LogP contribution is -2.55. The smallest absolute Gasteiger partial charge is 0.0334 e. The predicted molar refractivity (Wildman–Crippen MR) is 62.6 cm³/mol. The molecule has 0 bridgehead atoms. The van der Waals surface area contributed by atoms with Gasteiger partial charge in [0.2, 0.25) is 0 Å². The zero-order valence-electron chi connectivity index (χ0n) is 9.91. The first-order valence-corrected chi connectivity index (χ1v) is 6.71. The maximum Gasteiger partial charge on any atom is 0.0334 e. The first kappa shape index (κ1) is 10.1. The second kappa shape index (κ2) is 3.46. The Labute approximate surface area is 93.2 Å². The van der Waals surface area contributed by atoms with Gasteiger partial charge in [0.05, 0.1) is 0 Å². The van der Waals surface area contributed by atoms with Crippen LogP contribution in [0.4, 0.5) is 0 Å². The van der Waals surface area contributed by atoms with Crippen LogP contribution < -0.4 is 5.73 Å². The van der Waals surface area contributed by atoms with E-state index in [4.69, 9.17) is 5.73 Å². The molecule has 3 rings (SSSR count). The van der Waals surface area contributed by atoms with Crippen molar-refractivity contribution in [2.75, 3.05) is 13.1 Å². The van der Waals surface area contributed by atoms with E-state index in [0.29, 0.717) is 5.54 Å². The summed E-state index contributed by atoms with van der Waals surface area (Å²) in [7, 11) is 0. The standard InChI is InChI=1S/C13H24N2/c1-13(9-14,11-4-5-11)15(12-6-7-12)8-10-2-3-10/h10-12H,2-9,14H2,1H3. The van der Waals surface area contributed by atoms with Gasteiger partial charge in [-0.3, -0.25) is 4.90 Å². The summed E-state index contributed by atoms with van der Waals surface area (Å²) < 4.78 is 0. The van der Waals surface area contributed by atoms with Gasteiger partial charge in [0.1, 0.15) is 0 Å². The third-order valence-corrected chi connectivity index (χ3v) is 4.67. The van der Waals surface area contributed by atoms with Crippen molar-refractivity contribution in [2.24, 2.45) is 17.6 Å². The van der Waals surface area contributed by atoms with Gasteiger partial charge in [0, 0.05) is 24.7 Å². The Morgan fingerprint density at radius 3 is 2.20 bits per heavy atom. The molecule has 0 heterocycles. The third-order valence-electron chi connectivity index (χ3n) is 4.67. The van der Waals surface area contributed by atoms with Gasteiger partial charge in [-0.1, -0.05) is 0 Å². The molecule has 0 radical (unpaired) electrons. The van der Waals surface area contributed by atoms with Crippen molar-refractivity contribution < 1.29 is 0 Å². The zero-order chi connectivity index (χ0) is 10.5.